The third kappa shape index (κ3) is 3.19. The zero-order chi connectivity index (χ0) is 17.9. The Morgan fingerprint density at radius 2 is 1.96 bits per heavy atom. The highest BCUT2D eigenvalue weighted by molar-refractivity contribution is 5.84. The van der Waals surface area contributed by atoms with E-state index in [4.69, 9.17) is 14.6 Å². The van der Waals surface area contributed by atoms with Gasteiger partial charge in [0.1, 0.15) is 0 Å². The quantitative estimate of drug-likeness (QED) is 0.730. The molecule has 6 nitrogen and oxygen atoms in total. The molecule has 0 amide bonds. The van der Waals surface area contributed by atoms with E-state index in [1.807, 2.05) is 27.0 Å². The number of aromatic nitrogens is 3. The summed E-state index contributed by atoms with van der Waals surface area (Å²) in [4.78, 5) is 13.0. The van der Waals surface area contributed by atoms with E-state index < -0.39 is 0 Å². The zero-order valence-electron chi connectivity index (χ0n) is 13.9. The summed E-state index contributed by atoms with van der Waals surface area (Å²) in [6.45, 7) is 3.75. The van der Waals surface area contributed by atoms with E-state index in [1.54, 1.807) is 16.8 Å². The highest BCUT2D eigenvalue weighted by Crippen LogP contribution is 2.29. The second-order valence-corrected chi connectivity index (χ2v) is 5.19. The van der Waals surface area contributed by atoms with Crippen molar-refractivity contribution >= 4 is 17.5 Å². The first-order valence-corrected chi connectivity index (χ1v) is 7.15. The van der Waals surface area contributed by atoms with Gasteiger partial charge < -0.3 is 9.84 Å². The first kappa shape index (κ1) is 17.4. The molecule has 3 rings (SSSR count). The molecule has 0 saturated carbocycles. The summed E-state index contributed by atoms with van der Waals surface area (Å²) in [7, 11) is 3.32. The Balaban J connectivity index is 0.000000647. The van der Waals surface area contributed by atoms with Gasteiger partial charge in [0.2, 0.25) is 0 Å². The minimum absolute atomic E-state index is 0.216. The summed E-state index contributed by atoms with van der Waals surface area (Å²) < 4.78 is 20.3. The van der Waals surface area contributed by atoms with Crippen LogP contribution in [0.4, 0.5) is 4.39 Å². The molecule has 1 aromatic carbocycles. The summed E-state index contributed by atoms with van der Waals surface area (Å²) >= 11 is 0. The Bertz CT molecular complexity index is 890. The van der Waals surface area contributed by atoms with E-state index in [2.05, 4.69) is 10.1 Å². The number of pyridine rings is 1. The lowest BCUT2D eigenvalue weighted by atomic mass is 10.1. The molecule has 0 bridgehead atoms. The lowest BCUT2D eigenvalue weighted by Crippen LogP contribution is -1.95. The van der Waals surface area contributed by atoms with Gasteiger partial charge in [0.15, 0.2) is 17.2 Å². The molecule has 0 unspecified atom stereocenters. The molecule has 0 aliphatic heterocycles. The summed E-state index contributed by atoms with van der Waals surface area (Å²) in [5, 5.41) is 12.4. The predicted molar refractivity (Wildman–Crippen MR) is 88.6 cm³/mol. The number of hydrogen-bond donors (Lipinski definition) is 1. The van der Waals surface area contributed by atoms with Crippen LogP contribution < -0.4 is 4.74 Å². The van der Waals surface area contributed by atoms with E-state index in [0.29, 0.717) is 0 Å². The van der Waals surface area contributed by atoms with Crippen molar-refractivity contribution in [3.63, 3.8) is 0 Å². The van der Waals surface area contributed by atoms with Crippen molar-refractivity contribution in [3.8, 4) is 17.0 Å². The minimum Gasteiger partial charge on any atom is -0.494 e. The number of fused-ring (bicyclic) bond motifs is 1. The molecule has 2 aromatic heterocycles. The Labute approximate surface area is 138 Å². The Kier molecular flexibility index (Phi) is 5.13. The Hall–Kier alpha value is -2.96. The molecule has 0 spiro atoms. The zero-order valence-corrected chi connectivity index (χ0v) is 13.9. The normalized spacial score (nSPS) is 10.2. The smallest absolute Gasteiger partial charge is 0.290 e. The van der Waals surface area contributed by atoms with Crippen LogP contribution in [0.3, 0.4) is 0 Å². The van der Waals surface area contributed by atoms with Crippen LogP contribution in [0, 0.1) is 19.7 Å². The maximum absolute atomic E-state index is 13.5. The number of carboxylic acid groups (broad SMARTS) is 1. The molecular formula is C17H18FN3O3. The van der Waals surface area contributed by atoms with Gasteiger partial charge in [0, 0.05) is 18.0 Å². The summed E-state index contributed by atoms with van der Waals surface area (Å²) in [6.07, 6.45) is 0. The highest BCUT2D eigenvalue weighted by Gasteiger charge is 2.13. The van der Waals surface area contributed by atoms with E-state index in [9.17, 15) is 4.39 Å². The number of aryl methyl sites for hydroxylation is 3. The van der Waals surface area contributed by atoms with Gasteiger partial charge in [-0.15, -0.1) is 0 Å². The maximum Gasteiger partial charge on any atom is 0.290 e. The Morgan fingerprint density at radius 1 is 1.29 bits per heavy atom. The van der Waals surface area contributed by atoms with Crippen LogP contribution in [0.15, 0.2) is 24.3 Å². The lowest BCUT2D eigenvalue weighted by Gasteiger charge is -2.07. The highest BCUT2D eigenvalue weighted by atomic mass is 19.1. The maximum atomic E-state index is 13.5. The number of ether oxygens (including phenoxy) is 1. The van der Waals surface area contributed by atoms with Crippen LogP contribution >= 0.6 is 0 Å². The van der Waals surface area contributed by atoms with Crippen LogP contribution in [0.2, 0.25) is 0 Å². The second kappa shape index (κ2) is 7.08. The minimum atomic E-state index is -0.379. The standard InChI is InChI=1S/C16H16FN3O.CH2O2/c1-9-7-13(11-5-6-12(17)14(8-11)21-4)18-16-15(9)10(2)19-20(16)3;2-1-3/h5-8H,1-4H3;1H,(H,2,3). The molecule has 0 atom stereocenters. The van der Waals surface area contributed by atoms with Gasteiger partial charge in [0.05, 0.1) is 18.5 Å². The number of methoxy groups -OCH3 is 1. The fraction of sp³-hybridized carbons (Fsp3) is 0.235. The van der Waals surface area contributed by atoms with Crippen molar-refractivity contribution in [2.45, 2.75) is 13.8 Å². The van der Waals surface area contributed by atoms with Crippen LogP contribution in [-0.4, -0.2) is 33.5 Å². The van der Waals surface area contributed by atoms with Gasteiger partial charge in [-0.05, 0) is 43.7 Å². The third-order valence-corrected chi connectivity index (χ3v) is 3.61. The summed E-state index contributed by atoms with van der Waals surface area (Å²) in [6, 6.07) is 6.74. The molecule has 126 valence electrons. The van der Waals surface area contributed by atoms with Crippen LogP contribution in [0.5, 0.6) is 5.75 Å². The van der Waals surface area contributed by atoms with Crippen LogP contribution in [0.25, 0.3) is 22.3 Å². The summed E-state index contributed by atoms with van der Waals surface area (Å²) in [5.74, 6) is -0.163. The van der Waals surface area contributed by atoms with Crippen molar-refractivity contribution in [1.29, 1.82) is 0 Å². The third-order valence-electron chi connectivity index (χ3n) is 3.61. The molecule has 24 heavy (non-hydrogen) atoms. The number of hydrogen-bond acceptors (Lipinski definition) is 4. The lowest BCUT2D eigenvalue weighted by molar-refractivity contribution is -0.122. The van der Waals surface area contributed by atoms with Crippen LogP contribution in [-0.2, 0) is 11.8 Å². The van der Waals surface area contributed by atoms with Crippen molar-refractivity contribution < 1.29 is 19.0 Å². The van der Waals surface area contributed by atoms with Gasteiger partial charge in [-0.1, -0.05) is 0 Å². The largest absolute Gasteiger partial charge is 0.494 e. The van der Waals surface area contributed by atoms with E-state index >= 15 is 0 Å². The number of halogens is 1. The van der Waals surface area contributed by atoms with Gasteiger partial charge >= 0.3 is 0 Å². The number of carbonyl (C=O) groups is 1. The van der Waals surface area contributed by atoms with Crippen molar-refractivity contribution in [2.75, 3.05) is 7.11 Å². The molecule has 1 N–H and O–H groups in total. The van der Waals surface area contributed by atoms with Gasteiger partial charge in [-0.25, -0.2) is 9.37 Å². The molecule has 7 heteroatoms. The monoisotopic (exact) mass is 331 g/mol. The molecule has 2 heterocycles. The fourth-order valence-electron chi connectivity index (χ4n) is 2.63. The molecule has 0 saturated heterocycles. The first-order chi connectivity index (χ1) is 11.4. The van der Waals surface area contributed by atoms with E-state index in [-0.39, 0.29) is 18.0 Å². The molecule has 0 aliphatic carbocycles. The van der Waals surface area contributed by atoms with Gasteiger partial charge in [0.25, 0.3) is 6.47 Å². The number of nitrogens with zero attached hydrogens (tertiary/aromatic N) is 3. The fourth-order valence-corrected chi connectivity index (χ4v) is 2.63. The molecule has 0 aliphatic rings. The van der Waals surface area contributed by atoms with Crippen molar-refractivity contribution in [1.82, 2.24) is 14.8 Å². The number of benzene rings is 1. The average molecular weight is 331 g/mol. The second-order valence-electron chi connectivity index (χ2n) is 5.19. The van der Waals surface area contributed by atoms with Gasteiger partial charge in [-0.2, -0.15) is 5.10 Å². The van der Waals surface area contributed by atoms with Crippen molar-refractivity contribution in [2.24, 2.45) is 7.05 Å². The molecule has 0 fully saturated rings. The topological polar surface area (TPSA) is 77.2 Å². The van der Waals surface area contributed by atoms with E-state index in [1.165, 1.54) is 13.2 Å². The summed E-state index contributed by atoms with van der Waals surface area (Å²) in [5.41, 5.74) is 4.48. The van der Waals surface area contributed by atoms with Crippen LogP contribution in [0.1, 0.15) is 11.3 Å². The number of rotatable bonds is 2. The Morgan fingerprint density at radius 3 is 2.58 bits per heavy atom. The molecular weight excluding hydrogens is 313 g/mol. The average Bonchev–Trinajstić information content (AvgIpc) is 2.83. The van der Waals surface area contributed by atoms with Gasteiger partial charge in [-0.3, -0.25) is 9.48 Å². The molecule has 0 radical (unpaired) electrons. The SMILES string of the molecule is COc1cc(-c2cc(C)c3c(C)nn(C)c3n2)ccc1F.O=CO. The van der Waals surface area contributed by atoms with Crippen molar-refractivity contribution in [3.05, 3.63) is 41.3 Å². The first-order valence-electron chi connectivity index (χ1n) is 7.15. The predicted octanol–water partition coefficient (Wildman–Crippen LogP) is 3.10. The van der Waals surface area contributed by atoms with E-state index in [0.717, 1.165) is 33.5 Å². The molecule has 3 aromatic rings.